The summed E-state index contributed by atoms with van der Waals surface area (Å²) in [5.41, 5.74) is 14.3. The molecule has 2 heterocycles. The van der Waals surface area contributed by atoms with E-state index in [2.05, 4.69) is 38.8 Å². The van der Waals surface area contributed by atoms with E-state index in [1.165, 1.54) is 0 Å². The number of carbonyl (C=O) groups is 1. The van der Waals surface area contributed by atoms with Crippen molar-refractivity contribution in [3.05, 3.63) is 59.8 Å². The predicted octanol–water partition coefficient (Wildman–Crippen LogP) is 1.56. The molecule has 0 bridgehead atoms. The number of nitrogens with one attached hydrogen (secondary N) is 3. The third kappa shape index (κ3) is 3.21. The number of hydrogen-bond donors (Lipinski definition) is 4. The number of carboxylic acids is 1. The van der Waals surface area contributed by atoms with Crippen molar-refractivity contribution in [2.24, 2.45) is 7.05 Å². The molecule has 8 nitrogen and oxygen atoms in total. The lowest BCUT2D eigenvalue weighted by atomic mass is 9.97. The summed E-state index contributed by atoms with van der Waals surface area (Å²) < 4.78 is 1.76. The second kappa shape index (κ2) is 6.92. The van der Waals surface area contributed by atoms with E-state index < -0.39 is 12.0 Å². The van der Waals surface area contributed by atoms with E-state index in [-0.39, 0.29) is 6.04 Å². The van der Waals surface area contributed by atoms with Gasteiger partial charge in [0, 0.05) is 12.6 Å². The number of hydrazine groups is 2. The summed E-state index contributed by atoms with van der Waals surface area (Å²) in [6.07, 6.45) is 0. The lowest BCUT2D eigenvalue weighted by Crippen LogP contribution is -2.38. The van der Waals surface area contributed by atoms with Crippen LogP contribution in [0.25, 0.3) is 22.4 Å². The van der Waals surface area contributed by atoms with E-state index in [4.69, 9.17) is 0 Å². The van der Waals surface area contributed by atoms with Crippen molar-refractivity contribution >= 4 is 5.97 Å². The quantitative estimate of drug-likeness (QED) is 0.557. The maximum atomic E-state index is 11.3. The van der Waals surface area contributed by atoms with Crippen LogP contribution in [0.5, 0.6) is 0 Å². The van der Waals surface area contributed by atoms with Crippen molar-refractivity contribution in [2.45, 2.75) is 19.0 Å². The van der Waals surface area contributed by atoms with Gasteiger partial charge in [-0.1, -0.05) is 53.7 Å². The Morgan fingerprint density at radius 3 is 2.15 bits per heavy atom. The van der Waals surface area contributed by atoms with Crippen molar-refractivity contribution in [1.82, 2.24) is 31.4 Å². The highest BCUT2D eigenvalue weighted by atomic mass is 16.4. The Morgan fingerprint density at radius 2 is 1.59 bits per heavy atom. The first-order chi connectivity index (χ1) is 13.0. The van der Waals surface area contributed by atoms with Gasteiger partial charge in [-0.2, -0.15) is 5.53 Å². The van der Waals surface area contributed by atoms with E-state index in [0.717, 1.165) is 33.6 Å². The summed E-state index contributed by atoms with van der Waals surface area (Å²) in [7, 11) is 1.88. The van der Waals surface area contributed by atoms with Crippen LogP contribution in [0.2, 0.25) is 0 Å². The highest BCUT2D eigenvalue weighted by molar-refractivity contribution is 5.75. The lowest BCUT2D eigenvalue weighted by Gasteiger charge is -2.15. The Hall–Kier alpha value is -3.07. The zero-order valence-corrected chi connectivity index (χ0v) is 15.0. The molecule has 1 aliphatic heterocycles. The Morgan fingerprint density at radius 1 is 1.00 bits per heavy atom. The van der Waals surface area contributed by atoms with E-state index in [1.54, 1.807) is 4.68 Å². The fourth-order valence-corrected chi connectivity index (χ4v) is 3.22. The van der Waals surface area contributed by atoms with E-state index in [0.29, 0.717) is 0 Å². The third-order valence-electron chi connectivity index (χ3n) is 4.92. The van der Waals surface area contributed by atoms with Crippen LogP contribution < -0.4 is 16.4 Å². The van der Waals surface area contributed by atoms with Crippen molar-refractivity contribution in [3.8, 4) is 22.4 Å². The maximum Gasteiger partial charge on any atom is 0.324 e. The number of hydrogen-bond acceptors (Lipinski definition) is 6. The van der Waals surface area contributed by atoms with Crippen molar-refractivity contribution in [2.75, 3.05) is 0 Å². The molecule has 2 unspecified atom stereocenters. The fraction of sp³-hybridized carbons (Fsp3) is 0.211. The number of carboxylic acid groups (broad SMARTS) is 1. The van der Waals surface area contributed by atoms with E-state index >= 15 is 0 Å². The van der Waals surface area contributed by atoms with Crippen LogP contribution in [0.15, 0.2) is 48.5 Å². The summed E-state index contributed by atoms with van der Waals surface area (Å²) in [5.74, 6) is -0.906. The van der Waals surface area contributed by atoms with Gasteiger partial charge in [-0.25, -0.2) is 10.9 Å². The van der Waals surface area contributed by atoms with Crippen LogP contribution in [-0.4, -0.2) is 32.1 Å². The minimum atomic E-state index is -0.906. The number of aromatic nitrogens is 3. The molecule has 4 rings (SSSR count). The Balaban J connectivity index is 1.56. The monoisotopic (exact) mass is 364 g/mol. The van der Waals surface area contributed by atoms with Crippen LogP contribution >= 0.6 is 0 Å². The first-order valence-corrected chi connectivity index (χ1v) is 8.60. The molecule has 2 aromatic carbocycles. The topological polar surface area (TPSA) is 104 Å². The van der Waals surface area contributed by atoms with Gasteiger partial charge in [0.1, 0.15) is 11.7 Å². The lowest BCUT2D eigenvalue weighted by molar-refractivity contribution is -0.139. The van der Waals surface area contributed by atoms with Gasteiger partial charge in [0.05, 0.1) is 11.7 Å². The summed E-state index contributed by atoms with van der Waals surface area (Å²) in [5, 5.41) is 17.5. The Labute approximate surface area is 156 Å². The molecule has 138 valence electrons. The van der Waals surface area contributed by atoms with Gasteiger partial charge in [-0.15, -0.1) is 5.10 Å². The molecule has 0 aliphatic carbocycles. The molecule has 8 heteroatoms. The van der Waals surface area contributed by atoms with Crippen LogP contribution in [0.4, 0.5) is 0 Å². The zero-order chi connectivity index (χ0) is 19.0. The van der Waals surface area contributed by atoms with Gasteiger partial charge in [0.2, 0.25) is 0 Å². The molecule has 1 saturated heterocycles. The smallest absolute Gasteiger partial charge is 0.324 e. The highest BCUT2D eigenvalue weighted by Crippen LogP contribution is 2.27. The van der Waals surface area contributed by atoms with Gasteiger partial charge in [0.15, 0.2) is 0 Å². The summed E-state index contributed by atoms with van der Waals surface area (Å²) in [6, 6.07) is 15.0. The van der Waals surface area contributed by atoms with Gasteiger partial charge in [0.25, 0.3) is 0 Å². The average Bonchev–Trinajstić information content (AvgIpc) is 3.30. The van der Waals surface area contributed by atoms with Gasteiger partial charge >= 0.3 is 5.97 Å². The number of aryl methyl sites for hydroxylation is 1. The molecular weight excluding hydrogens is 344 g/mol. The number of nitrogens with zero attached hydrogens (tertiary/aromatic N) is 3. The van der Waals surface area contributed by atoms with Crippen molar-refractivity contribution in [3.63, 3.8) is 0 Å². The molecule has 0 amide bonds. The maximum absolute atomic E-state index is 11.3. The second-order valence-electron chi connectivity index (χ2n) is 6.55. The molecular formula is C19H20N6O2. The van der Waals surface area contributed by atoms with Gasteiger partial charge in [-0.05, 0) is 23.6 Å². The number of aliphatic carboxylic acids is 1. The largest absolute Gasteiger partial charge is 0.480 e. The van der Waals surface area contributed by atoms with Gasteiger partial charge < -0.3 is 5.11 Å². The van der Waals surface area contributed by atoms with Crippen LogP contribution in [-0.2, 0) is 11.8 Å². The normalized spacial score (nSPS) is 19.3. The molecule has 0 saturated carbocycles. The first-order valence-electron chi connectivity index (χ1n) is 8.60. The number of rotatable bonds is 4. The standard InChI is InChI=1S/C19H20N6O2/c1-11-16(22-24-25(11)2)14-7-3-12(4-8-14)13-5-9-15(10-6-13)17-18(19(26)27)21-23-20-17/h3-10,17-18,20-21,23H,1-2H3,(H,26,27). The average molecular weight is 364 g/mol. The van der Waals surface area contributed by atoms with Crippen molar-refractivity contribution in [1.29, 1.82) is 0 Å². The summed E-state index contributed by atoms with van der Waals surface area (Å²) in [6.45, 7) is 1.99. The summed E-state index contributed by atoms with van der Waals surface area (Å²) >= 11 is 0. The molecule has 0 spiro atoms. The van der Waals surface area contributed by atoms with E-state index in [1.807, 2.05) is 50.4 Å². The fourth-order valence-electron chi connectivity index (χ4n) is 3.22. The SMILES string of the molecule is Cc1c(-c2ccc(-c3ccc(C4NNNC4C(=O)O)cc3)cc2)nnn1C. The zero-order valence-electron chi connectivity index (χ0n) is 15.0. The predicted molar refractivity (Wildman–Crippen MR) is 100 cm³/mol. The molecule has 4 N–H and O–H groups in total. The molecule has 2 atom stereocenters. The van der Waals surface area contributed by atoms with E-state index in [9.17, 15) is 9.90 Å². The molecule has 1 aromatic heterocycles. The Bertz CT molecular complexity index is 965. The summed E-state index contributed by atoms with van der Waals surface area (Å²) in [4.78, 5) is 11.3. The molecule has 3 aromatic rings. The van der Waals surface area contributed by atoms with Crippen LogP contribution in [0.3, 0.4) is 0 Å². The Kier molecular flexibility index (Phi) is 4.44. The van der Waals surface area contributed by atoms with Gasteiger partial charge in [-0.3, -0.25) is 9.48 Å². The van der Waals surface area contributed by atoms with Crippen LogP contribution in [0, 0.1) is 6.92 Å². The molecule has 1 fully saturated rings. The highest BCUT2D eigenvalue weighted by Gasteiger charge is 2.33. The molecule has 27 heavy (non-hydrogen) atoms. The minimum absolute atomic E-state index is 0.335. The van der Waals surface area contributed by atoms with Crippen molar-refractivity contribution < 1.29 is 9.90 Å². The van der Waals surface area contributed by atoms with Crippen LogP contribution in [0.1, 0.15) is 17.3 Å². The first kappa shape index (κ1) is 17.3. The molecule has 0 radical (unpaired) electrons. The minimum Gasteiger partial charge on any atom is -0.480 e. The third-order valence-corrected chi connectivity index (χ3v) is 4.92. The molecule has 1 aliphatic rings. The number of benzene rings is 2. The second-order valence-corrected chi connectivity index (χ2v) is 6.55.